The molecule has 0 atom stereocenters. The Kier molecular flexibility index (Phi) is 3.94. The average Bonchev–Trinajstić information content (AvgIpc) is 2.96. The number of aromatic nitrogens is 2. The number of nitrogens with one attached hydrogen (secondary N) is 2. The molecule has 0 saturated carbocycles. The second-order valence-electron chi connectivity index (χ2n) is 4.63. The number of imidazole rings is 1. The van der Waals surface area contributed by atoms with Crippen LogP contribution in [0.15, 0.2) is 24.5 Å². The smallest absolute Gasteiger partial charge is 0.189 e. The molecule has 6 heteroatoms. The van der Waals surface area contributed by atoms with Crippen LogP contribution in [0.3, 0.4) is 0 Å². The number of benzene rings is 1. The highest BCUT2D eigenvalue weighted by Gasteiger charge is 2.16. The zero-order chi connectivity index (χ0) is 13.8. The van der Waals surface area contributed by atoms with Crippen molar-refractivity contribution in [1.82, 2.24) is 15.3 Å². The summed E-state index contributed by atoms with van der Waals surface area (Å²) in [4.78, 5) is 7.15. The van der Waals surface area contributed by atoms with E-state index >= 15 is 0 Å². The summed E-state index contributed by atoms with van der Waals surface area (Å²) in [5.41, 5.74) is 1.65. The van der Waals surface area contributed by atoms with Gasteiger partial charge in [0.2, 0.25) is 0 Å². The van der Waals surface area contributed by atoms with E-state index in [-0.39, 0.29) is 12.6 Å². The molecular weight excluding hydrogens is 261 g/mol. The Labute approximate surface area is 116 Å². The number of ether oxygens (including phenoxy) is 2. The number of H-pyrrole nitrogens is 1. The zero-order valence-electron chi connectivity index (χ0n) is 11.0. The normalized spacial score (nSPS) is 13.8. The molecule has 0 aliphatic carbocycles. The minimum absolute atomic E-state index is 0.228. The highest BCUT2D eigenvalue weighted by atomic mass is 19.1. The number of aromatic amines is 1. The number of nitrogens with zero attached hydrogens (tertiary/aromatic N) is 1. The molecule has 2 N–H and O–H groups in total. The first kappa shape index (κ1) is 13.1. The highest BCUT2D eigenvalue weighted by Crippen LogP contribution is 2.29. The predicted octanol–water partition coefficient (Wildman–Crippen LogP) is 1.75. The van der Waals surface area contributed by atoms with Crippen LogP contribution in [0.2, 0.25) is 0 Å². The summed E-state index contributed by atoms with van der Waals surface area (Å²) in [6.07, 6.45) is 4.20. The maximum Gasteiger partial charge on any atom is 0.189 e. The molecule has 2 aromatic rings. The van der Waals surface area contributed by atoms with Crippen LogP contribution in [0.5, 0.6) is 5.75 Å². The Hall–Kier alpha value is -1.92. The lowest BCUT2D eigenvalue weighted by Gasteiger charge is -2.20. The lowest BCUT2D eigenvalue weighted by Crippen LogP contribution is -2.19. The summed E-state index contributed by atoms with van der Waals surface area (Å²) in [5, 5.41) is 3.26. The van der Waals surface area contributed by atoms with Crippen molar-refractivity contribution in [2.45, 2.75) is 19.6 Å². The van der Waals surface area contributed by atoms with Gasteiger partial charge in [-0.15, -0.1) is 0 Å². The van der Waals surface area contributed by atoms with Gasteiger partial charge in [0.05, 0.1) is 13.2 Å². The molecule has 1 aromatic heterocycles. The first-order valence-electron chi connectivity index (χ1n) is 6.54. The summed E-state index contributed by atoms with van der Waals surface area (Å²) in [6, 6.07) is 2.99. The minimum atomic E-state index is -0.251. The summed E-state index contributed by atoms with van der Waals surface area (Å²) < 4.78 is 24.2. The van der Waals surface area contributed by atoms with Crippen molar-refractivity contribution >= 4 is 0 Å². The predicted molar refractivity (Wildman–Crippen MR) is 70.7 cm³/mol. The van der Waals surface area contributed by atoms with Gasteiger partial charge in [0.1, 0.15) is 17.4 Å². The summed E-state index contributed by atoms with van der Waals surface area (Å²) in [6.45, 7) is 2.01. The molecule has 5 nitrogen and oxygen atoms in total. The third-order valence-corrected chi connectivity index (χ3v) is 3.17. The van der Waals surface area contributed by atoms with E-state index in [1.54, 1.807) is 12.4 Å². The zero-order valence-corrected chi connectivity index (χ0v) is 11.0. The van der Waals surface area contributed by atoms with Gasteiger partial charge in [0, 0.05) is 18.0 Å². The van der Waals surface area contributed by atoms with Gasteiger partial charge in [-0.3, -0.25) is 0 Å². The summed E-state index contributed by atoms with van der Waals surface area (Å²) in [5.74, 6) is 1.40. The van der Waals surface area contributed by atoms with E-state index in [4.69, 9.17) is 9.47 Å². The van der Waals surface area contributed by atoms with E-state index in [0.717, 1.165) is 29.2 Å². The van der Waals surface area contributed by atoms with Crippen LogP contribution in [0.4, 0.5) is 4.39 Å². The van der Waals surface area contributed by atoms with Crippen molar-refractivity contribution in [2.75, 3.05) is 13.3 Å². The molecule has 0 spiro atoms. The summed E-state index contributed by atoms with van der Waals surface area (Å²) in [7, 11) is 0. The maximum absolute atomic E-state index is 13.5. The van der Waals surface area contributed by atoms with E-state index in [0.29, 0.717) is 19.6 Å². The molecule has 0 unspecified atom stereocenters. The third kappa shape index (κ3) is 2.97. The summed E-state index contributed by atoms with van der Waals surface area (Å²) >= 11 is 0. The molecule has 1 aliphatic heterocycles. The average molecular weight is 277 g/mol. The number of hydrogen-bond donors (Lipinski definition) is 2. The molecule has 106 valence electrons. The van der Waals surface area contributed by atoms with Gasteiger partial charge in [-0.25, -0.2) is 9.37 Å². The second-order valence-corrected chi connectivity index (χ2v) is 4.63. The van der Waals surface area contributed by atoms with Gasteiger partial charge < -0.3 is 19.8 Å². The molecule has 1 aromatic carbocycles. The number of hydrogen-bond acceptors (Lipinski definition) is 4. The highest BCUT2D eigenvalue weighted by molar-refractivity contribution is 5.42. The lowest BCUT2D eigenvalue weighted by molar-refractivity contribution is -0.0172. The van der Waals surface area contributed by atoms with Crippen LogP contribution in [-0.2, 0) is 24.3 Å². The van der Waals surface area contributed by atoms with Crippen molar-refractivity contribution in [3.63, 3.8) is 0 Å². The van der Waals surface area contributed by atoms with E-state index < -0.39 is 0 Å². The van der Waals surface area contributed by atoms with Gasteiger partial charge in [-0.1, -0.05) is 0 Å². The Balaban J connectivity index is 1.60. The maximum atomic E-state index is 13.5. The number of halogens is 1. The van der Waals surface area contributed by atoms with Crippen LogP contribution in [0, 0.1) is 5.82 Å². The van der Waals surface area contributed by atoms with E-state index in [9.17, 15) is 4.39 Å². The van der Waals surface area contributed by atoms with Gasteiger partial charge >= 0.3 is 0 Å². The molecule has 0 bridgehead atoms. The SMILES string of the molecule is Fc1cc(CCNCc2ncc[nH]2)c2c(c1)COCO2. The number of fused-ring (bicyclic) bond motifs is 1. The van der Waals surface area contributed by atoms with Gasteiger partial charge in [0.15, 0.2) is 6.79 Å². The van der Waals surface area contributed by atoms with E-state index in [1.165, 1.54) is 12.1 Å². The number of rotatable bonds is 5. The molecule has 3 rings (SSSR count). The Bertz CT molecular complexity index is 572. The van der Waals surface area contributed by atoms with Crippen molar-refractivity contribution in [1.29, 1.82) is 0 Å². The topological polar surface area (TPSA) is 59.2 Å². The molecule has 0 amide bonds. The molecule has 1 aliphatic rings. The van der Waals surface area contributed by atoms with Gasteiger partial charge in [-0.2, -0.15) is 0 Å². The van der Waals surface area contributed by atoms with Crippen LogP contribution in [-0.4, -0.2) is 23.3 Å². The molecule has 0 fully saturated rings. The van der Waals surface area contributed by atoms with Crippen molar-refractivity contribution in [3.8, 4) is 5.75 Å². The fourth-order valence-electron chi connectivity index (χ4n) is 2.27. The van der Waals surface area contributed by atoms with Gasteiger partial charge in [0.25, 0.3) is 0 Å². The fraction of sp³-hybridized carbons (Fsp3) is 0.357. The van der Waals surface area contributed by atoms with Crippen LogP contribution in [0.1, 0.15) is 17.0 Å². The van der Waals surface area contributed by atoms with Crippen LogP contribution < -0.4 is 10.1 Å². The fourth-order valence-corrected chi connectivity index (χ4v) is 2.27. The first-order valence-corrected chi connectivity index (χ1v) is 6.54. The molecular formula is C14H16FN3O2. The molecule has 2 heterocycles. The second kappa shape index (κ2) is 6.02. The van der Waals surface area contributed by atoms with Crippen LogP contribution in [0.25, 0.3) is 0 Å². The Morgan fingerprint density at radius 2 is 2.35 bits per heavy atom. The Morgan fingerprint density at radius 3 is 3.20 bits per heavy atom. The lowest BCUT2D eigenvalue weighted by atomic mass is 10.1. The Morgan fingerprint density at radius 1 is 1.40 bits per heavy atom. The molecule has 0 radical (unpaired) electrons. The third-order valence-electron chi connectivity index (χ3n) is 3.17. The molecule has 20 heavy (non-hydrogen) atoms. The monoisotopic (exact) mass is 277 g/mol. The minimum Gasteiger partial charge on any atom is -0.467 e. The van der Waals surface area contributed by atoms with Crippen molar-refractivity contribution < 1.29 is 13.9 Å². The molecule has 0 saturated heterocycles. The van der Waals surface area contributed by atoms with Crippen LogP contribution >= 0.6 is 0 Å². The van der Waals surface area contributed by atoms with Crippen molar-refractivity contribution in [3.05, 3.63) is 47.3 Å². The van der Waals surface area contributed by atoms with Gasteiger partial charge in [-0.05, 0) is 30.7 Å². The first-order chi connectivity index (χ1) is 9.83. The van der Waals surface area contributed by atoms with Crippen molar-refractivity contribution in [2.24, 2.45) is 0 Å². The van der Waals surface area contributed by atoms with E-state index in [1.807, 2.05) is 0 Å². The largest absolute Gasteiger partial charge is 0.467 e. The van der Waals surface area contributed by atoms with E-state index in [2.05, 4.69) is 15.3 Å². The standard InChI is InChI=1S/C14H16FN3O2/c15-12-5-10(14-11(6-12)8-19-9-20-14)1-2-16-7-13-17-3-4-18-13/h3-6,16H,1-2,7-9H2,(H,17,18). The quantitative estimate of drug-likeness (QED) is 0.817.